The zero-order valence-corrected chi connectivity index (χ0v) is 24.1. The summed E-state index contributed by atoms with van der Waals surface area (Å²) >= 11 is 0. The van der Waals surface area contributed by atoms with Crippen molar-refractivity contribution >= 4 is 11.9 Å². The summed E-state index contributed by atoms with van der Waals surface area (Å²) in [5.41, 5.74) is 0.115. The summed E-state index contributed by atoms with van der Waals surface area (Å²) in [4.78, 5) is 29.2. The van der Waals surface area contributed by atoms with E-state index in [1.165, 1.54) is 14.2 Å². The molecule has 2 fully saturated rings. The summed E-state index contributed by atoms with van der Waals surface area (Å²) < 4.78 is 35.1. The van der Waals surface area contributed by atoms with Crippen molar-refractivity contribution in [2.24, 2.45) is 29.6 Å². The summed E-state index contributed by atoms with van der Waals surface area (Å²) in [6, 6.07) is 3.34. The van der Waals surface area contributed by atoms with Crippen molar-refractivity contribution in [1.82, 2.24) is 4.98 Å². The van der Waals surface area contributed by atoms with Crippen LogP contribution < -0.4 is 0 Å². The molecule has 3 N–H and O–H groups in total. The third kappa shape index (κ3) is 5.06. The van der Waals surface area contributed by atoms with E-state index in [0.29, 0.717) is 5.69 Å². The number of carbonyl (C=O) groups is 2. The summed E-state index contributed by atoms with van der Waals surface area (Å²) in [6.45, 7) is 3.95. The normalized spacial score (nSPS) is 40.8. The zero-order valence-electron chi connectivity index (χ0n) is 24.1. The van der Waals surface area contributed by atoms with Gasteiger partial charge in [-0.2, -0.15) is 0 Å². The number of rotatable bonds is 8. The van der Waals surface area contributed by atoms with Gasteiger partial charge in [-0.25, -0.2) is 9.59 Å². The smallest absolute Gasteiger partial charge is 0.355 e. The maximum absolute atomic E-state index is 13.3. The van der Waals surface area contributed by atoms with Gasteiger partial charge >= 0.3 is 11.9 Å². The quantitative estimate of drug-likeness (QED) is 0.309. The number of H-pyrrole nitrogens is 1. The second kappa shape index (κ2) is 12.0. The first kappa shape index (κ1) is 29.9. The van der Waals surface area contributed by atoms with Crippen molar-refractivity contribution < 1.29 is 48.2 Å². The summed E-state index contributed by atoms with van der Waals surface area (Å²) in [7, 11) is 4.46. The van der Waals surface area contributed by atoms with Crippen molar-refractivity contribution in [1.29, 1.82) is 0 Å². The Morgan fingerprint density at radius 3 is 2.68 bits per heavy atom. The number of aliphatic hydroxyl groups is 2. The number of aromatic amines is 1. The molecule has 41 heavy (non-hydrogen) atoms. The molecule has 0 amide bonds. The number of aliphatic hydroxyl groups excluding tert-OH is 2. The second-order valence-corrected chi connectivity index (χ2v) is 11.6. The van der Waals surface area contributed by atoms with Gasteiger partial charge in [-0.15, -0.1) is 0 Å². The van der Waals surface area contributed by atoms with Crippen LogP contribution in [0.15, 0.2) is 42.1 Å². The lowest BCUT2D eigenvalue weighted by atomic mass is 9.57. The number of methoxy groups -OCH3 is 3. The van der Waals surface area contributed by atoms with Gasteiger partial charge in [0.1, 0.15) is 35.7 Å². The van der Waals surface area contributed by atoms with E-state index in [2.05, 4.69) is 4.98 Å². The van der Waals surface area contributed by atoms with Crippen LogP contribution in [0.1, 0.15) is 30.8 Å². The van der Waals surface area contributed by atoms with E-state index in [0.717, 1.165) is 5.57 Å². The standard InChI is InChI=1S/C30H41NO10/c1-15-11-16(2)30-17(12-22(38-5)29(35)39-25(15)21(32)14-37-4)8-9-18-23(30)24(33)19(13-36-3)26(27(18)41-30)40-28(34)20-7-6-10-31-20/h6-11,15,17-19,21-27,31-33H,12-14H2,1-5H3. The Labute approximate surface area is 239 Å². The van der Waals surface area contributed by atoms with Gasteiger partial charge in [-0.3, -0.25) is 0 Å². The van der Waals surface area contributed by atoms with Gasteiger partial charge in [0, 0.05) is 57.1 Å². The molecule has 1 saturated carbocycles. The van der Waals surface area contributed by atoms with Crippen LogP contribution in [0.2, 0.25) is 0 Å². The SMILES string of the molecule is COCC(O)C1OC(=O)C(OC)CC2C=CC3C4OC2(C(C)=CC1C)C3C(O)C(COC)C4OC(=O)c1ccc[nH]1. The molecular formula is C30H41NO10. The number of aromatic nitrogens is 1. The Morgan fingerprint density at radius 1 is 1.24 bits per heavy atom. The molecule has 0 aromatic carbocycles. The topological polar surface area (TPSA) is 146 Å². The molecule has 226 valence electrons. The fourth-order valence-corrected chi connectivity index (χ4v) is 7.55. The fourth-order valence-electron chi connectivity index (χ4n) is 7.55. The molecule has 0 radical (unpaired) electrons. The molecule has 3 heterocycles. The van der Waals surface area contributed by atoms with E-state index in [1.807, 2.05) is 32.1 Å². The number of nitrogens with one attached hydrogen (secondary N) is 1. The Kier molecular flexibility index (Phi) is 8.75. The third-order valence-corrected chi connectivity index (χ3v) is 9.34. The molecule has 12 atom stereocenters. The molecule has 4 aliphatic rings. The Hall–Kier alpha value is -2.54. The number of hydrogen-bond donors (Lipinski definition) is 3. The summed E-state index contributed by atoms with van der Waals surface area (Å²) in [5, 5.41) is 22.8. The molecule has 2 aliphatic carbocycles. The average molecular weight is 576 g/mol. The predicted octanol–water partition coefficient (Wildman–Crippen LogP) is 1.65. The molecule has 12 unspecified atom stereocenters. The van der Waals surface area contributed by atoms with E-state index in [1.54, 1.807) is 25.4 Å². The molecule has 1 aromatic heterocycles. The van der Waals surface area contributed by atoms with Gasteiger partial charge in [0.15, 0.2) is 6.10 Å². The van der Waals surface area contributed by atoms with Crippen molar-refractivity contribution in [2.75, 3.05) is 34.5 Å². The van der Waals surface area contributed by atoms with E-state index in [9.17, 15) is 19.8 Å². The Morgan fingerprint density at radius 2 is 2.02 bits per heavy atom. The van der Waals surface area contributed by atoms with Gasteiger partial charge in [-0.1, -0.05) is 25.2 Å². The first-order valence-electron chi connectivity index (χ1n) is 14.1. The van der Waals surface area contributed by atoms with Crippen LogP contribution in [-0.2, 0) is 33.2 Å². The number of hydrogen-bond acceptors (Lipinski definition) is 10. The van der Waals surface area contributed by atoms with Crippen LogP contribution in [-0.4, -0.2) is 104 Å². The Balaban J connectivity index is 1.59. The van der Waals surface area contributed by atoms with E-state index in [-0.39, 0.29) is 31.5 Å². The highest BCUT2D eigenvalue weighted by Crippen LogP contribution is 2.61. The second-order valence-electron chi connectivity index (χ2n) is 11.6. The van der Waals surface area contributed by atoms with Crippen LogP contribution in [0.4, 0.5) is 0 Å². The van der Waals surface area contributed by atoms with Gasteiger partial charge in [-0.05, 0) is 31.1 Å². The fraction of sp³-hybridized carbons (Fsp3) is 0.667. The molecular weight excluding hydrogens is 534 g/mol. The molecule has 1 saturated heterocycles. The average Bonchev–Trinajstić information content (AvgIpc) is 3.54. The summed E-state index contributed by atoms with van der Waals surface area (Å²) in [6.07, 6.45) is 2.66. The van der Waals surface area contributed by atoms with Gasteiger partial charge in [0.2, 0.25) is 0 Å². The monoisotopic (exact) mass is 575 g/mol. The van der Waals surface area contributed by atoms with Crippen molar-refractivity contribution in [3.8, 4) is 0 Å². The zero-order chi connectivity index (χ0) is 29.5. The molecule has 5 rings (SSSR count). The predicted molar refractivity (Wildman–Crippen MR) is 145 cm³/mol. The highest BCUT2D eigenvalue weighted by Gasteiger charge is 2.69. The minimum atomic E-state index is -1.07. The van der Waals surface area contributed by atoms with E-state index in [4.69, 9.17) is 28.4 Å². The molecule has 4 bridgehead atoms. The number of esters is 2. The first-order chi connectivity index (χ1) is 19.7. The van der Waals surface area contributed by atoms with Crippen molar-refractivity contribution in [3.05, 3.63) is 47.8 Å². The Bertz CT molecular complexity index is 1150. The number of carbonyl (C=O) groups excluding carboxylic acids is 2. The lowest BCUT2D eigenvalue weighted by molar-refractivity contribution is -0.174. The van der Waals surface area contributed by atoms with E-state index < -0.39 is 71.9 Å². The number of cyclic esters (lactones) is 1. The maximum atomic E-state index is 13.3. The lowest BCUT2D eigenvalue weighted by Gasteiger charge is -2.49. The van der Waals surface area contributed by atoms with E-state index >= 15 is 0 Å². The maximum Gasteiger partial charge on any atom is 0.355 e. The molecule has 2 aliphatic heterocycles. The van der Waals surface area contributed by atoms with Crippen LogP contribution >= 0.6 is 0 Å². The molecule has 1 aromatic rings. The van der Waals surface area contributed by atoms with Crippen molar-refractivity contribution in [2.45, 2.75) is 62.5 Å². The largest absolute Gasteiger partial charge is 0.457 e. The van der Waals surface area contributed by atoms with Crippen LogP contribution in [0, 0.1) is 29.6 Å². The molecule has 11 heteroatoms. The minimum absolute atomic E-state index is 0.0160. The van der Waals surface area contributed by atoms with Gasteiger partial charge in [0.25, 0.3) is 0 Å². The lowest BCUT2D eigenvalue weighted by Crippen LogP contribution is -2.58. The van der Waals surface area contributed by atoms with Crippen molar-refractivity contribution in [3.63, 3.8) is 0 Å². The first-order valence-corrected chi connectivity index (χ1v) is 14.1. The third-order valence-electron chi connectivity index (χ3n) is 9.34. The highest BCUT2D eigenvalue weighted by molar-refractivity contribution is 5.87. The van der Waals surface area contributed by atoms with Crippen LogP contribution in [0.25, 0.3) is 0 Å². The number of ether oxygens (including phenoxy) is 6. The van der Waals surface area contributed by atoms with Gasteiger partial charge < -0.3 is 43.6 Å². The highest BCUT2D eigenvalue weighted by atomic mass is 16.6. The summed E-state index contributed by atoms with van der Waals surface area (Å²) in [5.74, 6) is -3.10. The minimum Gasteiger partial charge on any atom is -0.457 e. The molecule has 11 nitrogen and oxygen atoms in total. The van der Waals surface area contributed by atoms with Gasteiger partial charge in [0.05, 0.1) is 19.3 Å². The molecule has 1 spiro atoms. The van der Waals surface area contributed by atoms with Crippen LogP contribution in [0.5, 0.6) is 0 Å². The van der Waals surface area contributed by atoms with Crippen LogP contribution in [0.3, 0.4) is 0 Å².